The van der Waals surface area contributed by atoms with Crippen LogP contribution in [-0.4, -0.2) is 30.1 Å². The van der Waals surface area contributed by atoms with E-state index in [1.165, 1.54) is 6.07 Å². The predicted octanol–water partition coefficient (Wildman–Crippen LogP) is 2.34. The molecule has 1 heterocycles. The summed E-state index contributed by atoms with van der Waals surface area (Å²) in [7, 11) is 2.08. The van der Waals surface area contributed by atoms with E-state index in [1.54, 1.807) is 12.1 Å². The van der Waals surface area contributed by atoms with Gasteiger partial charge in [-0.15, -0.1) is 0 Å². The number of hydrogen-bond acceptors (Lipinski definition) is 2. The zero-order valence-electron chi connectivity index (χ0n) is 8.91. The zero-order valence-corrected chi connectivity index (χ0v) is 8.91. The molecule has 0 radical (unpaired) electrons. The molecule has 1 saturated heterocycles. The Balaban J connectivity index is 2.19. The highest BCUT2D eigenvalue weighted by Gasteiger charge is 2.21. The Kier molecular flexibility index (Phi) is 2.91. The molecule has 0 aromatic heterocycles. The van der Waals surface area contributed by atoms with Crippen molar-refractivity contribution in [3.8, 4) is 5.75 Å². The van der Waals surface area contributed by atoms with Crippen LogP contribution in [0.15, 0.2) is 18.2 Å². The van der Waals surface area contributed by atoms with E-state index in [4.69, 9.17) is 0 Å². The highest BCUT2D eigenvalue weighted by atomic mass is 19.1. The van der Waals surface area contributed by atoms with Gasteiger partial charge in [-0.25, -0.2) is 4.39 Å². The van der Waals surface area contributed by atoms with Gasteiger partial charge >= 0.3 is 0 Å². The minimum Gasteiger partial charge on any atom is -0.505 e. The van der Waals surface area contributed by atoms with Gasteiger partial charge in [0.15, 0.2) is 11.6 Å². The fourth-order valence-corrected chi connectivity index (χ4v) is 2.17. The molecule has 0 saturated carbocycles. The second-order valence-corrected chi connectivity index (χ2v) is 4.26. The lowest BCUT2D eigenvalue weighted by Crippen LogP contribution is -2.29. The summed E-state index contributed by atoms with van der Waals surface area (Å²) < 4.78 is 13.6. The Morgan fingerprint density at radius 3 is 2.67 bits per heavy atom. The molecule has 0 bridgehead atoms. The summed E-state index contributed by atoms with van der Waals surface area (Å²) in [5.74, 6) is -0.410. The molecule has 2 rings (SSSR count). The molecule has 82 valence electrons. The summed E-state index contributed by atoms with van der Waals surface area (Å²) in [5, 5.41) is 9.30. The molecule has 3 heteroatoms. The van der Waals surface area contributed by atoms with E-state index in [2.05, 4.69) is 11.9 Å². The summed E-state index contributed by atoms with van der Waals surface area (Å²) in [4.78, 5) is 2.25. The molecule has 1 aromatic carbocycles. The summed E-state index contributed by atoms with van der Waals surface area (Å²) in [5.41, 5.74) is 0.670. The molecule has 0 aliphatic carbocycles. The Morgan fingerprint density at radius 2 is 2.00 bits per heavy atom. The molecular weight excluding hydrogens is 193 g/mol. The second kappa shape index (κ2) is 4.19. The normalized spacial score (nSPS) is 19.3. The largest absolute Gasteiger partial charge is 0.505 e. The molecule has 15 heavy (non-hydrogen) atoms. The second-order valence-electron chi connectivity index (χ2n) is 4.26. The molecule has 1 fully saturated rings. The van der Waals surface area contributed by atoms with Crippen LogP contribution in [0.25, 0.3) is 0 Å². The quantitative estimate of drug-likeness (QED) is 0.767. The van der Waals surface area contributed by atoms with Crippen LogP contribution in [-0.2, 0) is 0 Å². The molecule has 0 amide bonds. The van der Waals surface area contributed by atoms with Crippen molar-refractivity contribution in [2.24, 2.45) is 0 Å². The lowest BCUT2D eigenvalue weighted by molar-refractivity contribution is 0.252. The van der Waals surface area contributed by atoms with Crippen molar-refractivity contribution in [3.63, 3.8) is 0 Å². The average Bonchev–Trinajstić information content (AvgIpc) is 2.24. The molecule has 0 unspecified atom stereocenters. The average molecular weight is 209 g/mol. The van der Waals surface area contributed by atoms with Gasteiger partial charge in [-0.3, -0.25) is 0 Å². The summed E-state index contributed by atoms with van der Waals surface area (Å²) in [6, 6.07) is 4.89. The van der Waals surface area contributed by atoms with Crippen LogP contribution < -0.4 is 0 Å². The first-order chi connectivity index (χ1) is 7.18. The fraction of sp³-hybridized carbons (Fsp3) is 0.500. The minimum absolute atomic E-state index is 0.230. The standard InChI is InChI=1S/C12H16FNO/c1-14-7-5-9(6-8-14)10-3-2-4-11(15)12(10)13/h2-4,9,15H,5-8H2,1H3. The smallest absolute Gasteiger partial charge is 0.168 e. The zero-order chi connectivity index (χ0) is 10.8. The van der Waals surface area contributed by atoms with Crippen molar-refractivity contribution >= 4 is 0 Å². The number of benzene rings is 1. The first-order valence-electron chi connectivity index (χ1n) is 5.34. The van der Waals surface area contributed by atoms with Gasteiger partial charge in [-0.2, -0.15) is 0 Å². The minimum atomic E-state index is -0.438. The van der Waals surface area contributed by atoms with Crippen molar-refractivity contribution in [1.82, 2.24) is 4.90 Å². The van der Waals surface area contributed by atoms with Crippen molar-refractivity contribution in [2.45, 2.75) is 18.8 Å². The maximum Gasteiger partial charge on any atom is 0.168 e. The fourth-order valence-electron chi connectivity index (χ4n) is 2.17. The Hall–Kier alpha value is -1.09. The van der Waals surface area contributed by atoms with E-state index in [-0.39, 0.29) is 11.7 Å². The van der Waals surface area contributed by atoms with Gasteiger partial charge in [0.25, 0.3) is 0 Å². The lowest BCUT2D eigenvalue weighted by atomic mass is 9.89. The number of aromatic hydroxyl groups is 1. The molecule has 0 atom stereocenters. The van der Waals surface area contributed by atoms with E-state index in [1.807, 2.05) is 0 Å². The van der Waals surface area contributed by atoms with E-state index < -0.39 is 5.82 Å². The van der Waals surface area contributed by atoms with Crippen LogP contribution in [0.3, 0.4) is 0 Å². The van der Waals surface area contributed by atoms with Gasteiger partial charge in [0.05, 0.1) is 0 Å². The van der Waals surface area contributed by atoms with E-state index in [0.717, 1.165) is 25.9 Å². The summed E-state index contributed by atoms with van der Waals surface area (Å²) in [6.07, 6.45) is 1.94. The molecule has 1 aliphatic rings. The third-order valence-electron chi connectivity index (χ3n) is 3.17. The van der Waals surface area contributed by atoms with Crippen molar-refractivity contribution in [3.05, 3.63) is 29.6 Å². The first-order valence-corrected chi connectivity index (χ1v) is 5.34. The van der Waals surface area contributed by atoms with Crippen molar-refractivity contribution in [1.29, 1.82) is 0 Å². The van der Waals surface area contributed by atoms with E-state index in [9.17, 15) is 9.50 Å². The predicted molar refractivity (Wildman–Crippen MR) is 57.5 cm³/mol. The number of phenolic OH excluding ortho intramolecular Hbond substituents is 1. The third-order valence-corrected chi connectivity index (χ3v) is 3.17. The van der Waals surface area contributed by atoms with E-state index >= 15 is 0 Å². The number of phenols is 1. The van der Waals surface area contributed by atoms with Crippen LogP contribution in [0, 0.1) is 5.82 Å². The van der Waals surface area contributed by atoms with Crippen molar-refractivity contribution in [2.75, 3.05) is 20.1 Å². The summed E-state index contributed by atoms with van der Waals surface area (Å²) in [6.45, 7) is 2.00. The lowest BCUT2D eigenvalue weighted by Gasteiger charge is -2.29. The molecule has 0 spiro atoms. The first kappa shape index (κ1) is 10.4. The maximum atomic E-state index is 13.6. The number of nitrogens with zero attached hydrogens (tertiary/aromatic N) is 1. The number of likely N-dealkylation sites (tertiary alicyclic amines) is 1. The van der Waals surface area contributed by atoms with Crippen molar-refractivity contribution < 1.29 is 9.50 Å². The number of halogens is 1. The Morgan fingerprint density at radius 1 is 1.33 bits per heavy atom. The molecule has 1 aromatic rings. The van der Waals surface area contributed by atoms with Gasteiger partial charge in [0, 0.05) is 0 Å². The summed E-state index contributed by atoms with van der Waals surface area (Å²) >= 11 is 0. The van der Waals surface area contributed by atoms with Crippen LogP contribution in [0.1, 0.15) is 24.3 Å². The molecule has 1 aliphatic heterocycles. The van der Waals surface area contributed by atoms with Crippen LogP contribution in [0.4, 0.5) is 4.39 Å². The van der Waals surface area contributed by atoms with Crippen LogP contribution in [0.2, 0.25) is 0 Å². The third kappa shape index (κ3) is 2.12. The molecular formula is C12H16FNO. The van der Waals surface area contributed by atoms with E-state index in [0.29, 0.717) is 5.56 Å². The Bertz CT molecular complexity index is 345. The number of hydrogen-bond donors (Lipinski definition) is 1. The SMILES string of the molecule is CN1CCC(c2cccc(O)c2F)CC1. The Labute approximate surface area is 89.3 Å². The monoisotopic (exact) mass is 209 g/mol. The topological polar surface area (TPSA) is 23.5 Å². The van der Waals surface area contributed by atoms with Gasteiger partial charge in [-0.1, -0.05) is 12.1 Å². The van der Waals surface area contributed by atoms with Crippen LogP contribution in [0.5, 0.6) is 5.75 Å². The number of piperidine rings is 1. The van der Waals surface area contributed by atoms with Gasteiger partial charge in [-0.05, 0) is 50.5 Å². The molecule has 1 N–H and O–H groups in total. The van der Waals surface area contributed by atoms with Crippen LogP contribution >= 0.6 is 0 Å². The van der Waals surface area contributed by atoms with Gasteiger partial charge in [0.2, 0.25) is 0 Å². The highest BCUT2D eigenvalue weighted by molar-refractivity contribution is 5.32. The molecule has 2 nitrogen and oxygen atoms in total. The maximum absolute atomic E-state index is 13.6. The van der Waals surface area contributed by atoms with Gasteiger partial charge < -0.3 is 10.0 Å². The number of rotatable bonds is 1. The highest BCUT2D eigenvalue weighted by Crippen LogP contribution is 2.32. The van der Waals surface area contributed by atoms with Gasteiger partial charge in [0.1, 0.15) is 0 Å².